The maximum absolute atomic E-state index is 3.59. The molecule has 0 fully saturated rings. The van der Waals surface area contributed by atoms with Gasteiger partial charge in [-0.05, 0) is 103 Å². The highest BCUT2D eigenvalue weighted by Gasteiger charge is 2.36. The molecule has 1 heteroatoms. The van der Waals surface area contributed by atoms with Gasteiger partial charge in [-0.3, -0.25) is 0 Å². The van der Waals surface area contributed by atoms with E-state index in [0.717, 1.165) is 11.4 Å². The van der Waals surface area contributed by atoms with Gasteiger partial charge in [-0.25, -0.2) is 0 Å². The van der Waals surface area contributed by atoms with E-state index >= 15 is 0 Å². The zero-order chi connectivity index (χ0) is 29.3. The number of hydrogen-bond donors (Lipinski definition) is 1. The van der Waals surface area contributed by atoms with Gasteiger partial charge in [-0.1, -0.05) is 125 Å². The third-order valence-corrected chi connectivity index (χ3v) is 9.89. The molecule has 0 atom stereocenters. The number of fused-ring (bicyclic) bond motifs is 6. The Kier molecular flexibility index (Phi) is 5.59. The fraction of sp³-hybridized carbons (Fsp3) is 0.143. The molecule has 1 N–H and O–H groups in total. The summed E-state index contributed by atoms with van der Waals surface area (Å²) in [7, 11) is 0. The van der Waals surface area contributed by atoms with Crippen LogP contribution in [0.15, 0.2) is 133 Å². The number of nitrogens with one attached hydrogen (secondary N) is 1. The van der Waals surface area contributed by atoms with Gasteiger partial charge in [0.2, 0.25) is 0 Å². The van der Waals surface area contributed by atoms with Gasteiger partial charge in [-0.2, -0.15) is 0 Å². The molecule has 0 aliphatic heterocycles. The Balaban J connectivity index is 1.01. The number of benzene rings is 6. The Hall–Kier alpha value is -4.88. The molecule has 6 aromatic rings. The summed E-state index contributed by atoms with van der Waals surface area (Å²) in [5.41, 5.74) is 18.3. The van der Waals surface area contributed by atoms with Crippen molar-refractivity contribution < 1.29 is 0 Å². The second kappa shape index (κ2) is 9.31. The van der Waals surface area contributed by atoms with Gasteiger partial charge in [-0.15, -0.1) is 0 Å². The summed E-state index contributed by atoms with van der Waals surface area (Å²) in [5.74, 6) is 0. The fourth-order valence-corrected chi connectivity index (χ4v) is 7.43. The molecule has 208 valence electrons. The number of rotatable bonds is 4. The first kappa shape index (κ1) is 25.8. The van der Waals surface area contributed by atoms with Crippen molar-refractivity contribution in [1.82, 2.24) is 0 Å². The largest absolute Gasteiger partial charge is 0.356 e. The van der Waals surface area contributed by atoms with E-state index in [-0.39, 0.29) is 10.8 Å². The van der Waals surface area contributed by atoms with Crippen LogP contribution in [0.2, 0.25) is 0 Å². The van der Waals surface area contributed by atoms with Crippen LogP contribution in [0, 0.1) is 0 Å². The highest BCUT2D eigenvalue weighted by molar-refractivity contribution is 5.85. The fourth-order valence-electron chi connectivity index (χ4n) is 7.43. The SMILES string of the molecule is CC1(C)c2ccccc2-c2ccc(-c3ccc(Nc4ccc(-c5ccc6c(c5)C(C)(C)c5ccccc5-6)cc4)cc3)cc21. The topological polar surface area (TPSA) is 12.0 Å². The molecule has 0 saturated heterocycles. The van der Waals surface area contributed by atoms with E-state index in [1.54, 1.807) is 0 Å². The summed E-state index contributed by atoms with van der Waals surface area (Å²) in [6.45, 7) is 9.35. The van der Waals surface area contributed by atoms with Gasteiger partial charge < -0.3 is 5.32 Å². The Labute approximate surface area is 254 Å². The van der Waals surface area contributed by atoms with E-state index < -0.39 is 0 Å². The number of anilines is 2. The van der Waals surface area contributed by atoms with Crippen molar-refractivity contribution in [2.75, 3.05) is 5.32 Å². The van der Waals surface area contributed by atoms with Crippen LogP contribution in [0.4, 0.5) is 11.4 Å². The Bertz CT molecular complexity index is 1880. The Morgan fingerprint density at radius 3 is 1.12 bits per heavy atom. The van der Waals surface area contributed by atoms with Gasteiger partial charge in [0.25, 0.3) is 0 Å². The van der Waals surface area contributed by atoms with Crippen molar-refractivity contribution in [2.24, 2.45) is 0 Å². The summed E-state index contributed by atoms with van der Waals surface area (Å²) >= 11 is 0. The molecular weight excluding hydrogens is 518 g/mol. The van der Waals surface area contributed by atoms with Crippen LogP contribution in [0.25, 0.3) is 44.5 Å². The third kappa shape index (κ3) is 3.99. The lowest BCUT2D eigenvalue weighted by Gasteiger charge is -2.22. The molecule has 2 aliphatic rings. The van der Waals surface area contributed by atoms with E-state index in [9.17, 15) is 0 Å². The normalized spacial score (nSPS) is 14.9. The monoisotopic (exact) mass is 553 g/mol. The van der Waals surface area contributed by atoms with E-state index in [1.165, 1.54) is 66.8 Å². The second-order valence-corrected chi connectivity index (χ2v) is 13.1. The summed E-state index contributed by atoms with van der Waals surface area (Å²) in [5, 5.41) is 3.59. The number of hydrogen-bond acceptors (Lipinski definition) is 1. The summed E-state index contributed by atoms with van der Waals surface area (Å²) < 4.78 is 0. The predicted molar refractivity (Wildman–Crippen MR) is 182 cm³/mol. The highest BCUT2D eigenvalue weighted by atomic mass is 14.9. The quantitative estimate of drug-likeness (QED) is 0.229. The summed E-state index contributed by atoms with van der Waals surface area (Å²) in [6.07, 6.45) is 0. The van der Waals surface area contributed by atoms with E-state index in [4.69, 9.17) is 0 Å². The molecule has 0 aromatic heterocycles. The first-order valence-corrected chi connectivity index (χ1v) is 15.3. The molecule has 43 heavy (non-hydrogen) atoms. The van der Waals surface area contributed by atoms with Gasteiger partial charge >= 0.3 is 0 Å². The minimum Gasteiger partial charge on any atom is -0.356 e. The standard InChI is InChI=1S/C42H35N/c1-41(2)37-11-7-5-9-33(37)35-23-17-29(25-39(35)41)27-13-19-31(20-14-27)43-32-21-15-28(16-22-32)30-18-24-36-34-10-6-8-12-38(34)42(3,4)40(36)26-30/h5-26,43H,1-4H3. The molecule has 0 bridgehead atoms. The Morgan fingerprint density at radius 2 is 0.698 bits per heavy atom. The van der Waals surface area contributed by atoms with E-state index in [2.05, 4.69) is 166 Å². The van der Waals surface area contributed by atoms with Gasteiger partial charge in [0.05, 0.1) is 0 Å². The van der Waals surface area contributed by atoms with Crippen LogP contribution in [-0.2, 0) is 10.8 Å². The summed E-state index contributed by atoms with van der Waals surface area (Å²) in [4.78, 5) is 0. The predicted octanol–water partition coefficient (Wildman–Crippen LogP) is 11.4. The van der Waals surface area contributed by atoms with Crippen LogP contribution in [0.1, 0.15) is 49.9 Å². The van der Waals surface area contributed by atoms with Crippen LogP contribution in [0.3, 0.4) is 0 Å². The molecule has 6 aromatic carbocycles. The molecule has 0 heterocycles. The van der Waals surface area contributed by atoms with Crippen molar-refractivity contribution in [3.05, 3.63) is 156 Å². The minimum atomic E-state index is 0.0105. The molecule has 0 unspecified atom stereocenters. The highest BCUT2D eigenvalue weighted by Crippen LogP contribution is 2.50. The zero-order valence-corrected chi connectivity index (χ0v) is 25.2. The molecule has 0 amide bonds. The van der Waals surface area contributed by atoms with Crippen LogP contribution in [-0.4, -0.2) is 0 Å². The van der Waals surface area contributed by atoms with Crippen molar-refractivity contribution in [1.29, 1.82) is 0 Å². The smallest absolute Gasteiger partial charge is 0.0384 e. The van der Waals surface area contributed by atoms with Crippen molar-refractivity contribution in [3.8, 4) is 44.5 Å². The average molecular weight is 554 g/mol. The maximum Gasteiger partial charge on any atom is 0.0384 e. The molecular formula is C42H35N. The van der Waals surface area contributed by atoms with Gasteiger partial charge in [0, 0.05) is 22.2 Å². The molecule has 0 radical (unpaired) electrons. The lowest BCUT2D eigenvalue weighted by Crippen LogP contribution is -2.14. The average Bonchev–Trinajstić information content (AvgIpc) is 3.41. The molecule has 8 rings (SSSR count). The molecule has 1 nitrogen and oxygen atoms in total. The second-order valence-electron chi connectivity index (χ2n) is 13.1. The van der Waals surface area contributed by atoms with Crippen LogP contribution < -0.4 is 5.32 Å². The minimum absolute atomic E-state index is 0.0105. The lowest BCUT2D eigenvalue weighted by atomic mass is 9.81. The summed E-state index contributed by atoms with van der Waals surface area (Å²) in [6, 6.07) is 49.1. The first-order chi connectivity index (χ1) is 20.8. The molecule has 2 aliphatic carbocycles. The maximum atomic E-state index is 3.59. The molecule has 0 spiro atoms. The first-order valence-electron chi connectivity index (χ1n) is 15.3. The third-order valence-electron chi connectivity index (χ3n) is 9.89. The van der Waals surface area contributed by atoms with Crippen molar-refractivity contribution in [2.45, 2.75) is 38.5 Å². The van der Waals surface area contributed by atoms with Crippen molar-refractivity contribution >= 4 is 11.4 Å². The lowest BCUT2D eigenvalue weighted by molar-refractivity contribution is 0.660. The zero-order valence-electron chi connectivity index (χ0n) is 25.2. The van der Waals surface area contributed by atoms with Crippen LogP contribution in [0.5, 0.6) is 0 Å². The van der Waals surface area contributed by atoms with E-state index in [1.807, 2.05) is 0 Å². The molecule has 0 saturated carbocycles. The Morgan fingerprint density at radius 1 is 0.349 bits per heavy atom. The van der Waals surface area contributed by atoms with E-state index in [0.29, 0.717) is 0 Å². The van der Waals surface area contributed by atoms with Gasteiger partial charge in [0.15, 0.2) is 0 Å². The van der Waals surface area contributed by atoms with Gasteiger partial charge in [0.1, 0.15) is 0 Å². The van der Waals surface area contributed by atoms with Crippen LogP contribution >= 0.6 is 0 Å². The van der Waals surface area contributed by atoms with Crippen molar-refractivity contribution in [3.63, 3.8) is 0 Å².